The highest BCUT2D eigenvalue weighted by Gasteiger charge is 2.59. The van der Waals surface area contributed by atoms with Gasteiger partial charge in [0, 0.05) is 11.8 Å². The molecule has 3 nitrogen and oxygen atoms in total. The second-order valence-electron chi connectivity index (χ2n) is 12.1. The van der Waals surface area contributed by atoms with Gasteiger partial charge < -0.3 is 10.0 Å². The molecule has 0 aromatic carbocycles. The third-order valence-corrected chi connectivity index (χ3v) is 9.95. The van der Waals surface area contributed by atoms with Crippen molar-refractivity contribution in [2.75, 3.05) is 0 Å². The Hall–Kier alpha value is -0.860. The first-order valence-corrected chi connectivity index (χ1v) is 12.8. The molecule has 0 aliphatic heterocycles. The Morgan fingerprint density at radius 2 is 1.83 bits per heavy atom. The van der Waals surface area contributed by atoms with E-state index in [4.69, 9.17) is 0 Å². The number of Topliss-reactive ketones (excluding diaryl/α,β-unsaturated/α-hetero) is 1. The van der Waals surface area contributed by atoms with Gasteiger partial charge in [0.15, 0.2) is 0 Å². The monoisotopic (exact) mass is 417 g/mol. The second-order valence-corrected chi connectivity index (χ2v) is 12.1. The fourth-order valence-corrected chi connectivity index (χ4v) is 8.24. The van der Waals surface area contributed by atoms with E-state index < -0.39 is 0 Å². The van der Waals surface area contributed by atoms with E-state index in [0.29, 0.717) is 17.8 Å². The molecule has 3 rings (SSSR count). The van der Waals surface area contributed by atoms with Gasteiger partial charge in [0.1, 0.15) is 5.78 Å². The van der Waals surface area contributed by atoms with Gasteiger partial charge in [-0.25, -0.2) is 0 Å². The lowest BCUT2D eigenvalue weighted by Crippen LogP contribution is -2.52. The Morgan fingerprint density at radius 1 is 1.10 bits per heavy atom. The Bertz CT molecular complexity index is 641. The number of ketones is 1. The number of hydrogen-bond donors (Lipinski definition) is 1. The molecule has 3 saturated carbocycles. The quantitative estimate of drug-likeness (QED) is 0.328. The lowest BCUT2D eigenvalue weighted by molar-refractivity contribution is -0.118. The zero-order valence-corrected chi connectivity index (χ0v) is 20.5. The van der Waals surface area contributed by atoms with Crippen molar-refractivity contribution in [3.8, 4) is 0 Å². The van der Waals surface area contributed by atoms with Crippen molar-refractivity contribution in [1.29, 1.82) is 0 Å². The highest BCUT2D eigenvalue weighted by Crippen LogP contribution is 2.66. The lowest BCUT2D eigenvalue weighted by Gasteiger charge is -2.57. The summed E-state index contributed by atoms with van der Waals surface area (Å²) in [5, 5.41) is 13.5. The van der Waals surface area contributed by atoms with Crippen molar-refractivity contribution in [2.24, 2.45) is 51.5 Å². The molecular formula is C27H47NO2. The Kier molecular flexibility index (Phi) is 7.40. The van der Waals surface area contributed by atoms with E-state index in [1.807, 2.05) is 0 Å². The van der Waals surface area contributed by atoms with E-state index >= 15 is 0 Å². The minimum atomic E-state index is -0.106. The summed E-state index contributed by atoms with van der Waals surface area (Å²) in [6, 6.07) is 0. The first-order valence-electron chi connectivity index (χ1n) is 12.8. The van der Waals surface area contributed by atoms with Crippen LogP contribution in [0.2, 0.25) is 0 Å². The molecule has 7 atom stereocenters. The van der Waals surface area contributed by atoms with Gasteiger partial charge in [0.25, 0.3) is 0 Å². The normalized spacial score (nSPS) is 41.0. The van der Waals surface area contributed by atoms with Crippen molar-refractivity contribution in [2.45, 2.75) is 112 Å². The molecule has 0 aromatic rings. The Balaban J connectivity index is 1.76. The number of hydrogen-bond acceptors (Lipinski definition) is 3. The first-order chi connectivity index (χ1) is 14.1. The second kappa shape index (κ2) is 9.33. The van der Waals surface area contributed by atoms with E-state index in [2.05, 4.69) is 39.8 Å². The van der Waals surface area contributed by atoms with Crippen molar-refractivity contribution in [3.05, 3.63) is 0 Å². The van der Waals surface area contributed by atoms with Gasteiger partial charge in [-0.15, -0.1) is 0 Å². The molecule has 0 bridgehead atoms. The molecule has 0 heterocycles. The lowest BCUT2D eigenvalue weighted by atomic mass is 9.47. The van der Waals surface area contributed by atoms with Gasteiger partial charge >= 0.3 is 0 Å². The molecule has 30 heavy (non-hydrogen) atoms. The van der Waals surface area contributed by atoms with Crippen LogP contribution in [0.5, 0.6) is 0 Å². The Labute approximate surface area is 185 Å². The average Bonchev–Trinajstić information content (AvgIpc) is 3.04. The standard InChI is InChI=1S/C27H47NO2/c1-18(2)8-7-9-19(3)22-11-12-23-21-10-13-25(28-30)27(6,16-14-20(4)29)24(21)15-17-26(22,23)5/h18-19,21-24,30H,7-17H2,1-6H3/t19-,21+,22-,23+,24+,26-,27-/m1/s1. The zero-order chi connectivity index (χ0) is 22.1. The summed E-state index contributed by atoms with van der Waals surface area (Å²) < 4.78 is 0. The van der Waals surface area contributed by atoms with Crippen LogP contribution in [0.15, 0.2) is 5.16 Å². The fourth-order valence-electron chi connectivity index (χ4n) is 8.24. The predicted molar refractivity (Wildman–Crippen MR) is 125 cm³/mol. The maximum Gasteiger partial charge on any atom is 0.129 e. The summed E-state index contributed by atoms with van der Waals surface area (Å²) in [6.45, 7) is 13.8. The van der Waals surface area contributed by atoms with Gasteiger partial charge in [-0.2, -0.15) is 0 Å². The molecule has 3 aliphatic carbocycles. The molecular weight excluding hydrogens is 370 g/mol. The van der Waals surface area contributed by atoms with E-state index in [9.17, 15) is 10.0 Å². The van der Waals surface area contributed by atoms with Crippen LogP contribution in [0.4, 0.5) is 0 Å². The summed E-state index contributed by atoms with van der Waals surface area (Å²) in [7, 11) is 0. The number of nitrogens with zero attached hydrogens (tertiary/aromatic N) is 1. The molecule has 1 N–H and O–H groups in total. The van der Waals surface area contributed by atoms with Crippen molar-refractivity contribution in [1.82, 2.24) is 0 Å². The van der Waals surface area contributed by atoms with E-state index in [0.717, 1.165) is 48.1 Å². The minimum absolute atomic E-state index is 0.106. The highest BCUT2D eigenvalue weighted by molar-refractivity contribution is 5.91. The van der Waals surface area contributed by atoms with E-state index in [1.165, 1.54) is 51.4 Å². The molecule has 0 unspecified atom stereocenters. The molecule has 172 valence electrons. The Morgan fingerprint density at radius 3 is 2.47 bits per heavy atom. The van der Waals surface area contributed by atoms with E-state index in [-0.39, 0.29) is 11.2 Å². The van der Waals surface area contributed by atoms with Gasteiger partial charge in [-0.1, -0.05) is 59.0 Å². The van der Waals surface area contributed by atoms with Crippen LogP contribution in [0.25, 0.3) is 0 Å². The summed E-state index contributed by atoms with van der Waals surface area (Å²) in [5.74, 6) is 4.89. The van der Waals surface area contributed by atoms with Crippen LogP contribution in [-0.4, -0.2) is 16.7 Å². The van der Waals surface area contributed by atoms with Crippen LogP contribution in [0.3, 0.4) is 0 Å². The number of rotatable bonds is 8. The van der Waals surface area contributed by atoms with Crippen LogP contribution in [-0.2, 0) is 4.79 Å². The summed E-state index contributed by atoms with van der Waals surface area (Å²) in [6.07, 6.45) is 13.0. The van der Waals surface area contributed by atoms with Gasteiger partial charge in [0.2, 0.25) is 0 Å². The topological polar surface area (TPSA) is 49.7 Å². The number of carbonyl (C=O) groups is 1. The van der Waals surface area contributed by atoms with Crippen LogP contribution < -0.4 is 0 Å². The largest absolute Gasteiger partial charge is 0.411 e. The molecule has 0 aromatic heterocycles. The number of oxime groups is 1. The van der Waals surface area contributed by atoms with Gasteiger partial charge in [0.05, 0.1) is 5.71 Å². The summed E-state index contributed by atoms with van der Waals surface area (Å²) in [4.78, 5) is 11.8. The maximum absolute atomic E-state index is 11.8. The van der Waals surface area contributed by atoms with Crippen LogP contribution in [0.1, 0.15) is 112 Å². The highest BCUT2D eigenvalue weighted by atomic mass is 16.4. The SMILES string of the molecule is CC(=O)CC[C@@]1(C)C(=NO)CC[C@H]2[C@@H]3CC[C@H]([C@H](C)CCCC(C)C)[C@@]3(C)CC[C@@H]21. The summed E-state index contributed by atoms with van der Waals surface area (Å²) in [5.41, 5.74) is 1.34. The number of fused-ring (bicyclic) bond motifs is 3. The molecule has 3 aliphatic rings. The first kappa shape index (κ1) is 23.8. The van der Waals surface area contributed by atoms with Gasteiger partial charge in [-0.05, 0) is 92.8 Å². The molecule has 0 spiro atoms. The molecule has 3 fully saturated rings. The third kappa shape index (κ3) is 4.37. The number of carbonyl (C=O) groups excluding carboxylic acids is 1. The van der Waals surface area contributed by atoms with Crippen molar-refractivity contribution < 1.29 is 10.0 Å². The maximum atomic E-state index is 11.8. The van der Waals surface area contributed by atoms with Crippen LogP contribution in [0, 0.1) is 46.3 Å². The van der Waals surface area contributed by atoms with Gasteiger partial charge in [-0.3, -0.25) is 0 Å². The third-order valence-electron chi connectivity index (χ3n) is 9.95. The minimum Gasteiger partial charge on any atom is -0.411 e. The van der Waals surface area contributed by atoms with Crippen molar-refractivity contribution >= 4 is 11.5 Å². The average molecular weight is 418 g/mol. The molecule has 0 radical (unpaired) electrons. The summed E-state index contributed by atoms with van der Waals surface area (Å²) >= 11 is 0. The zero-order valence-electron chi connectivity index (χ0n) is 20.5. The predicted octanol–water partition coefficient (Wildman–Crippen LogP) is 7.51. The van der Waals surface area contributed by atoms with Crippen molar-refractivity contribution in [3.63, 3.8) is 0 Å². The molecule has 0 saturated heterocycles. The molecule has 0 amide bonds. The molecule has 3 heteroatoms. The smallest absolute Gasteiger partial charge is 0.129 e. The fraction of sp³-hybridized carbons (Fsp3) is 0.926. The van der Waals surface area contributed by atoms with Crippen LogP contribution >= 0.6 is 0 Å². The van der Waals surface area contributed by atoms with E-state index in [1.54, 1.807) is 6.92 Å².